The van der Waals surface area contributed by atoms with E-state index in [-0.39, 0.29) is 0 Å². The lowest BCUT2D eigenvalue weighted by atomic mass is 9.90. The summed E-state index contributed by atoms with van der Waals surface area (Å²) in [5.74, 6) is 0.743. The molecule has 0 aromatic carbocycles. The first-order chi connectivity index (χ1) is 5.95. The Morgan fingerprint density at radius 2 is 2.00 bits per heavy atom. The number of hydrogen-bond donors (Lipinski definition) is 1. The molecule has 3 heteroatoms. The normalized spacial score (nSPS) is 13.4. The highest BCUT2D eigenvalue weighted by Crippen LogP contribution is 2.20. The van der Waals surface area contributed by atoms with Gasteiger partial charge >= 0.3 is 0 Å². The number of aliphatic imine (C=N–C) groups is 1. The number of amidine groups is 1. The van der Waals surface area contributed by atoms with E-state index in [1.165, 1.54) is 0 Å². The molecule has 2 N–H and O–H groups in total. The van der Waals surface area contributed by atoms with Gasteiger partial charge in [-0.2, -0.15) is 0 Å². The summed E-state index contributed by atoms with van der Waals surface area (Å²) in [4.78, 5) is 4.19. The molecule has 0 bridgehead atoms. The highest BCUT2D eigenvalue weighted by Gasteiger charge is 2.09. The van der Waals surface area contributed by atoms with Gasteiger partial charge in [-0.1, -0.05) is 20.8 Å². The van der Waals surface area contributed by atoms with Crippen LogP contribution in [0.25, 0.3) is 0 Å². The minimum Gasteiger partial charge on any atom is -0.387 e. The Morgan fingerprint density at radius 1 is 1.38 bits per heavy atom. The van der Waals surface area contributed by atoms with Crippen LogP contribution in [0.2, 0.25) is 0 Å². The van der Waals surface area contributed by atoms with Crippen molar-refractivity contribution >= 4 is 5.84 Å². The van der Waals surface area contributed by atoms with Gasteiger partial charge in [0.2, 0.25) is 0 Å². The Morgan fingerprint density at radius 3 is 2.46 bits per heavy atom. The molecule has 0 aromatic rings. The Hall–Kier alpha value is -0.570. The second kappa shape index (κ2) is 5.97. The Kier molecular flexibility index (Phi) is 5.71. The maximum Gasteiger partial charge on any atom is 0.0938 e. The quantitative estimate of drug-likeness (QED) is 0.404. The number of ether oxygens (including phenoxy) is 1. The molecule has 0 unspecified atom stereocenters. The average Bonchev–Trinajstić information content (AvgIpc) is 2.00. The van der Waals surface area contributed by atoms with E-state index in [9.17, 15) is 0 Å². The fraction of sp³-hybridized carbons (Fsp3) is 0.900. The van der Waals surface area contributed by atoms with Crippen molar-refractivity contribution in [1.29, 1.82) is 0 Å². The monoisotopic (exact) mass is 186 g/mol. The van der Waals surface area contributed by atoms with Crippen molar-refractivity contribution in [3.63, 3.8) is 0 Å². The zero-order valence-corrected chi connectivity index (χ0v) is 9.26. The van der Waals surface area contributed by atoms with Crippen molar-refractivity contribution < 1.29 is 4.74 Å². The van der Waals surface area contributed by atoms with Crippen molar-refractivity contribution in [2.24, 2.45) is 16.1 Å². The number of nitrogens with two attached hydrogens (primary N) is 1. The molecular weight excluding hydrogens is 164 g/mol. The van der Waals surface area contributed by atoms with E-state index in [4.69, 9.17) is 10.5 Å². The standard InChI is InChI=1S/C10H22N2O/c1-10(2,3)6-5-9(11)12-7-8-13-4/h5-8H2,1-4H3,(H2,11,12). The van der Waals surface area contributed by atoms with Gasteiger partial charge in [-0.05, 0) is 11.8 Å². The van der Waals surface area contributed by atoms with E-state index in [0.29, 0.717) is 18.6 Å². The molecule has 0 saturated carbocycles. The third-order valence-electron chi connectivity index (χ3n) is 1.74. The van der Waals surface area contributed by atoms with Crippen molar-refractivity contribution in [3.05, 3.63) is 0 Å². The molecule has 0 saturated heterocycles. The van der Waals surface area contributed by atoms with Gasteiger partial charge in [-0.15, -0.1) is 0 Å². The van der Waals surface area contributed by atoms with Crippen LogP contribution in [0.3, 0.4) is 0 Å². The van der Waals surface area contributed by atoms with E-state index in [2.05, 4.69) is 25.8 Å². The molecule has 0 rings (SSSR count). The summed E-state index contributed by atoms with van der Waals surface area (Å²) in [5, 5.41) is 0. The molecule has 0 spiro atoms. The first kappa shape index (κ1) is 12.4. The lowest BCUT2D eigenvalue weighted by Gasteiger charge is -2.17. The van der Waals surface area contributed by atoms with Gasteiger partial charge < -0.3 is 10.5 Å². The summed E-state index contributed by atoms with van der Waals surface area (Å²) in [6.45, 7) is 7.93. The maximum atomic E-state index is 5.72. The van der Waals surface area contributed by atoms with Gasteiger partial charge in [0.15, 0.2) is 0 Å². The van der Waals surface area contributed by atoms with Crippen molar-refractivity contribution in [2.45, 2.75) is 33.6 Å². The van der Waals surface area contributed by atoms with Gasteiger partial charge in [-0.3, -0.25) is 4.99 Å². The molecule has 0 radical (unpaired) electrons. The minimum atomic E-state index is 0.335. The molecule has 13 heavy (non-hydrogen) atoms. The molecule has 0 heterocycles. The van der Waals surface area contributed by atoms with Crippen molar-refractivity contribution in [3.8, 4) is 0 Å². The average molecular weight is 186 g/mol. The predicted molar refractivity (Wildman–Crippen MR) is 57.1 cm³/mol. The van der Waals surface area contributed by atoms with Crippen LogP contribution in [0.1, 0.15) is 33.6 Å². The molecule has 0 aliphatic rings. The van der Waals surface area contributed by atoms with Gasteiger partial charge in [0.1, 0.15) is 0 Å². The largest absolute Gasteiger partial charge is 0.387 e. The SMILES string of the molecule is COCCN=C(N)CCC(C)(C)C. The fourth-order valence-corrected chi connectivity index (χ4v) is 0.863. The van der Waals surface area contributed by atoms with Gasteiger partial charge in [0.25, 0.3) is 0 Å². The minimum absolute atomic E-state index is 0.335. The summed E-state index contributed by atoms with van der Waals surface area (Å²) in [7, 11) is 1.67. The Labute approximate surface area is 81.4 Å². The molecule has 0 aromatic heterocycles. The molecule has 78 valence electrons. The summed E-state index contributed by atoms with van der Waals surface area (Å²) in [6, 6.07) is 0. The van der Waals surface area contributed by atoms with Crippen LogP contribution in [0.5, 0.6) is 0 Å². The lowest BCUT2D eigenvalue weighted by molar-refractivity contribution is 0.208. The first-order valence-electron chi connectivity index (χ1n) is 4.73. The van der Waals surface area contributed by atoms with Crippen molar-refractivity contribution in [2.75, 3.05) is 20.3 Å². The zero-order chi connectivity index (χ0) is 10.3. The molecule has 0 atom stereocenters. The molecule has 3 nitrogen and oxygen atoms in total. The fourth-order valence-electron chi connectivity index (χ4n) is 0.863. The summed E-state index contributed by atoms with van der Waals surface area (Å²) < 4.78 is 4.88. The summed E-state index contributed by atoms with van der Waals surface area (Å²) in [6.07, 6.45) is 1.96. The second-order valence-corrected chi connectivity index (χ2v) is 4.43. The van der Waals surface area contributed by atoms with Crippen LogP contribution in [-0.2, 0) is 4.74 Å². The maximum absolute atomic E-state index is 5.72. The topological polar surface area (TPSA) is 47.6 Å². The number of methoxy groups -OCH3 is 1. The molecule has 0 amide bonds. The highest BCUT2D eigenvalue weighted by molar-refractivity contribution is 5.80. The number of nitrogens with zero attached hydrogens (tertiary/aromatic N) is 1. The van der Waals surface area contributed by atoms with E-state index < -0.39 is 0 Å². The van der Waals surface area contributed by atoms with Crippen LogP contribution < -0.4 is 5.73 Å². The van der Waals surface area contributed by atoms with Gasteiger partial charge in [0, 0.05) is 13.5 Å². The Balaban J connectivity index is 3.61. The van der Waals surface area contributed by atoms with E-state index >= 15 is 0 Å². The van der Waals surface area contributed by atoms with Crippen LogP contribution in [-0.4, -0.2) is 26.1 Å². The van der Waals surface area contributed by atoms with E-state index in [1.54, 1.807) is 7.11 Å². The molecule has 0 fully saturated rings. The van der Waals surface area contributed by atoms with Crippen molar-refractivity contribution in [1.82, 2.24) is 0 Å². The first-order valence-corrected chi connectivity index (χ1v) is 4.73. The Bertz CT molecular complexity index is 159. The third-order valence-corrected chi connectivity index (χ3v) is 1.74. The summed E-state index contributed by atoms with van der Waals surface area (Å²) >= 11 is 0. The molecular formula is C10H22N2O. The zero-order valence-electron chi connectivity index (χ0n) is 9.26. The smallest absolute Gasteiger partial charge is 0.0938 e. The van der Waals surface area contributed by atoms with Crippen LogP contribution in [0, 0.1) is 5.41 Å². The van der Waals surface area contributed by atoms with Crippen LogP contribution in [0.15, 0.2) is 4.99 Å². The lowest BCUT2D eigenvalue weighted by Crippen LogP contribution is -2.17. The second-order valence-electron chi connectivity index (χ2n) is 4.43. The van der Waals surface area contributed by atoms with E-state index in [0.717, 1.165) is 18.7 Å². The van der Waals surface area contributed by atoms with E-state index in [1.807, 2.05) is 0 Å². The number of rotatable bonds is 5. The van der Waals surface area contributed by atoms with Crippen LogP contribution >= 0.6 is 0 Å². The molecule has 0 aliphatic heterocycles. The molecule has 0 aliphatic carbocycles. The highest BCUT2D eigenvalue weighted by atomic mass is 16.5. The third kappa shape index (κ3) is 9.34. The summed E-state index contributed by atoms with van der Waals surface area (Å²) in [5.41, 5.74) is 6.05. The number of hydrogen-bond acceptors (Lipinski definition) is 2. The predicted octanol–water partition coefficient (Wildman–Crippen LogP) is 1.82. The van der Waals surface area contributed by atoms with Gasteiger partial charge in [0.05, 0.1) is 19.0 Å². The van der Waals surface area contributed by atoms with Crippen LogP contribution in [0.4, 0.5) is 0 Å². The van der Waals surface area contributed by atoms with Gasteiger partial charge in [-0.25, -0.2) is 0 Å².